The zero-order valence-electron chi connectivity index (χ0n) is 7.88. The molecule has 0 N–H and O–H groups in total. The van der Waals surface area contributed by atoms with Crippen LogP contribution in [-0.4, -0.2) is 10.9 Å². The molecule has 0 aliphatic carbocycles. The van der Waals surface area contributed by atoms with Crippen LogP contribution in [0.4, 0.5) is 10.7 Å². The Balaban J connectivity index is 2.14. The van der Waals surface area contributed by atoms with E-state index in [1.54, 1.807) is 16.6 Å². The van der Waals surface area contributed by atoms with Crippen molar-refractivity contribution in [2.45, 2.75) is 6.42 Å². The van der Waals surface area contributed by atoms with Gasteiger partial charge in [-0.1, -0.05) is 18.2 Å². The van der Waals surface area contributed by atoms with E-state index < -0.39 is 0 Å². The summed E-state index contributed by atoms with van der Waals surface area (Å²) in [6, 6.07) is 7.88. The quantitative estimate of drug-likeness (QED) is 0.733. The molecule has 3 nitrogen and oxygen atoms in total. The van der Waals surface area contributed by atoms with Gasteiger partial charge in [0.1, 0.15) is 5.00 Å². The zero-order chi connectivity index (χ0) is 10.3. The predicted molar refractivity (Wildman–Crippen MR) is 59.4 cm³/mol. The smallest absolute Gasteiger partial charge is 0.236 e. The summed E-state index contributed by atoms with van der Waals surface area (Å²) in [5, 5.41) is 0.893. The Hall–Kier alpha value is -1.68. The molecule has 2 aromatic rings. The number of carbonyl (C=O) groups excluding carboxylic acids is 1. The van der Waals surface area contributed by atoms with Gasteiger partial charge >= 0.3 is 0 Å². The van der Waals surface area contributed by atoms with Crippen molar-refractivity contribution in [3.8, 4) is 0 Å². The molecule has 15 heavy (non-hydrogen) atoms. The molecule has 4 heteroatoms. The van der Waals surface area contributed by atoms with E-state index in [2.05, 4.69) is 4.98 Å². The van der Waals surface area contributed by atoms with Crippen molar-refractivity contribution in [3.05, 3.63) is 41.5 Å². The first-order valence-electron chi connectivity index (χ1n) is 4.65. The molecule has 0 atom stereocenters. The van der Waals surface area contributed by atoms with Gasteiger partial charge in [-0.15, -0.1) is 11.3 Å². The number of hydrogen-bond acceptors (Lipinski definition) is 3. The highest BCUT2D eigenvalue weighted by molar-refractivity contribution is 7.14. The highest BCUT2D eigenvalue weighted by Gasteiger charge is 2.28. The molecule has 0 saturated carbocycles. The zero-order valence-corrected chi connectivity index (χ0v) is 8.70. The third-order valence-corrected chi connectivity index (χ3v) is 3.22. The predicted octanol–water partition coefficient (Wildman–Crippen LogP) is 2.36. The highest BCUT2D eigenvalue weighted by atomic mass is 32.1. The summed E-state index contributed by atoms with van der Waals surface area (Å²) in [5.41, 5.74) is 3.83. The fourth-order valence-electron chi connectivity index (χ4n) is 1.82. The first-order chi connectivity index (χ1) is 7.36. The molecule has 1 aliphatic rings. The van der Waals surface area contributed by atoms with Gasteiger partial charge in [-0.05, 0) is 11.6 Å². The molecule has 1 aromatic heterocycles. The average Bonchev–Trinajstić information content (AvgIpc) is 2.82. The summed E-state index contributed by atoms with van der Waals surface area (Å²) in [5.74, 6) is 0.125. The second-order valence-electron chi connectivity index (χ2n) is 3.37. The van der Waals surface area contributed by atoms with Gasteiger partial charge in [0.2, 0.25) is 5.91 Å². The number of para-hydroxylation sites is 1. The van der Waals surface area contributed by atoms with Crippen molar-refractivity contribution in [2.75, 3.05) is 4.90 Å². The SMILES string of the molecule is O=C1Cc2ccccc2N1c1cncs1. The molecule has 2 heterocycles. The summed E-state index contributed by atoms with van der Waals surface area (Å²) in [6.07, 6.45) is 2.22. The van der Waals surface area contributed by atoms with Crippen molar-refractivity contribution < 1.29 is 4.79 Å². The van der Waals surface area contributed by atoms with Gasteiger partial charge in [0.05, 0.1) is 23.8 Å². The van der Waals surface area contributed by atoms with Crippen molar-refractivity contribution in [2.24, 2.45) is 0 Å². The Morgan fingerprint density at radius 1 is 1.33 bits per heavy atom. The maximum Gasteiger partial charge on any atom is 0.236 e. The lowest BCUT2D eigenvalue weighted by atomic mass is 10.2. The number of aromatic nitrogens is 1. The fraction of sp³-hybridized carbons (Fsp3) is 0.0909. The lowest BCUT2D eigenvalue weighted by Gasteiger charge is -2.13. The van der Waals surface area contributed by atoms with Crippen LogP contribution in [0.5, 0.6) is 0 Å². The molecule has 0 saturated heterocycles. The number of amides is 1. The van der Waals surface area contributed by atoms with E-state index in [-0.39, 0.29) is 5.91 Å². The summed E-state index contributed by atoms with van der Waals surface area (Å²) < 4.78 is 0. The molecule has 0 spiro atoms. The third-order valence-electron chi connectivity index (χ3n) is 2.46. The first kappa shape index (κ1) is 8.61. The number of benzene rings is 1. The molecule has 74 valence electrons. The van der Waals surface area contributed by atoms with Crippen LogP contribution < -0.4 is 4.90 Å². The van der Waals surface area contributed by atoms with Gasteiger partial charge in [-0.25, -0.2) is 0 Å². The standard InChI is InChI=1S/C11H8N2OS/c14-10-5-8-3-1-2-4-9(8)13(10)11-6-12-7-15-11/h1-4,6-7H,5H2. The lowest BCUT2D eigenvalue weighted by molar-refractivity contribution is -0.116. The largest absolute Gasteiger partial charge is 0.274 e. The summed E-state index contributed by atoms with van der Waals surface area (Å²) in [6.45, 7) is 0. The third kappa shape index (κ3) is 1.26. The van der Waals surface area contributed by atoms with E-state index in [9.17, 15) is 4.79 Å². The van der Waals surface area contributed by atoms with E-state index in [0.29, 0.717) is 6.42 Å². The van der Waals surface area contributed by atoms with Crippen LogP contribution in [0.25, 0.3) is 0 Å². The Morgan fingerprint density at radius 2 is 2.20 bits per heavy atom. The maximum atomic E-state index is 11.8. The highest BCUT2D eigenvalue weighted by Crippen LogP contribution is 2.36. The first-order valence-corrected chi connectivity index (χ1v) is 5.53. The van der Waals surface area contributed by atoms with Crippen LogP contribution in [0, 0.1) is 0 Å². The molecular weight excluding hydrogens is 208 g/mol. The molecular formula is C11H8N2OS. The average molecular weight is 216 g/mol. The fourth-order valence-corrected chi connectivity index (χ4v) is 2.47. The normalized spacial score (nSPS) is 14.4. The lowest BCUT2D eigenvalue weighted by Crippen LogP contribution is -2.19. The van der Waals surface area contributed by atoms with Gasteiger partial charge in [0, 0.05) is 0 Å². The Kier molecular flexibility index (Phi) is 1.82. The van der Waals surface area contributed by atoms with E-state index in [0.717, 1.165) is 16.3 Å². The van der Waals surface area contributed by atoms with Crippen molar-refractivity contribution >= 4 is 27.9 Å². The van der Waals surface area contributed by atoms with Crippen LogP contribution in [0.1, 0.15) is 5.56 Å². The minimum absolute atomic E-state index is 0.125. The van der Waals surface area contributed by atoms with E-state index in [1.807, 2.05) is 24.3 Å². The van der Waals surface area contributed by atoms with Crippen molar-refractivity contribution in [3.63, 3.8) is 0 Å². The van der Waals surface area contributed by atoms with Crippen LogP contribution in [0.3, 0.4) is 0 Å². The second kappa shape index (κ2) is 3.17. The summed E-state index contributed by atoms with van der Waals surface area (Å²) >= 11 is 1.48. The topological polar surface area (TPSA) is 33.2 Å². The maximum absolute atomic E-state index is 11.8. The van der Waals surface area contributed by atoms with Crippen molar-refractivity contribution in [1.82, 2.24) is 4.98 Å². The minimum atomic E-state index is 0.125. The molecule has 1 aliphatic heterocycles. The molecule has 0 radical (unpaired) electrons. The number of thiazole rings is 1. The van der Waals surface area contributed by atoms with Crippen molar-refractivity contribution in [1.29, 1.82) is 0 Å². The Morgan fingerprint density at radius 3 is 3.00 bits per heavy atom. The number of rotatable bonds is 1. The number of hydrogen-bond donors (Lipinski definition) is 0. The van der Waals surface area contributed by atoms with E-state index in [1.165, 1.54) is 11.3 Å². The molecule has 1 amide bonds. The second-order valence-corrected chi connectivity index (χ2v) is 4.24. The molecule has 0 fully saturated rings. The van der Waals surface area contributed by atoms with Crippen LogP contribution >= 0.6 is 11.3 Å². The molecule has 1 aromatic carbocycles. The molecule has 0 unspecified atom stereocenters. The Labute approximate surface area is 91.0 Å². The van der Waals surface area contributed by atoms with Gasteiger partial charge in [-0.3, -0.25) is 14.7 Å². The van der Waals surface area contributed by atoms with Gasteiger partial charge in [0.15, 0.2) is 0 Å². The Bertz CT molecular complexity index is 507. The van der Waals surface area contributed by atoms with Gasteiger partial charge in [0.25, 0.3) is 0 Å². The van der Waals surface area contributed by atoms with Crippen LogP contribution in [-0.2, 0) is 11.2 Å². The van der Waals surface area contributed by atoms with E-state index >= 15 is 0 Å². The minimum Gasteiger partial charge on any atom is -0.274 e. The number of nitrogens with zero attached hydrogens (tertiary/aromatic N) is 2. The monoisotopic (exact) mass is 216 g/mol. The van der Waals surface area contributed by atoms with E-state index in [4.69, 9.17) is 0 Å². The molecule has 3 rings (SSSR count). The number of fused-ring (bicyclic) bond motifs is 1. The molecule has 0 bridgehead atoms. The number of carbonyl (C=O) groups is 1. The number of anilines is 2. The van der Waals surface area contributed by atoms with Gasteiger partial charge in [-0.2, -0.15) is 0 Å². The van der Waals surface area contributed by atoms with Crippen LogP contribution in [0.2, 0.25) is 0 Å². The van der Waals surface area contributed by atoms with Gasteiger partial charge < -0.3 is 0 Å². The summed E-state index contributed by atoms with van der Waals surface area (Å²) in [4.78, 5) is 17.6. The van der Waals surface area contributed by atoms with Crippen LogP contribution in [0.15, 0.2) is 36.0 Å². The summed E-state index contributed by atoms with van der Waals surface area (Å²) in [7, 11) is 0.